The first-order valence-electron chi connectivity index (χ1n) is 6.60. The number of hydrogen-bond acceptors (Lipinski definition) is 3. The summed E-state index contributed by atoms with van der Waals surface area (Å²) in [6.45, 7) is 9.82. The van der Waals surface area contributed by atoms with E-state index in [9.17, 15) is 5.11 Å². The van der Waals surface area contributed by atoms with Gasteiger partial charge < -0.3 is 10.4 Å². The van der Waals surface area contributed by atoms with E-state index in [0.717, 1.165) is 35.7 Å². The number of rotatable bonds is 4. The van der Waals surface area contributed by atoms with Crippen molar-refractivity contribution in [2.75, 3.05) is 6.54 Å². The van der Waals surface area contributed by atoms with Crippen molar-refractivity contribution in [1.82, 2.24) is 15.1 Å². The molecule has 4 heteroatoms. The standard InChI is InChI=1S/C15H21N3O/c1-5-16-9-13-11(3)17-18(12(13)4)14-7-6-10(2)8-15(14)19/h6-8,16,19H,5,9H2,1-4H3. The molecule has 19 heavy (non-hydrogen) atoms. The van der Waals surface area contributed by atoms with Crippen molar-refractivity contribution in [3.8, 4) is 11.4 Å². The predicted molar refractivity (Wildman–Crippen MR) is 76.8 cm³/mol. The molecule has 0 atom stereocenters. The Morgan fingerprint density at radius 1 is 1.26 bits per heavy atom. The molecule has 0 aliphatic carbocycles. The Bertz CT molecular complexity index is 587. The monoisotopic (exact) mass is 259 g/mol. The van der Waals surface area contributed by atoms with E-state index < -0.39 is 0 Å². The lowest BCUT2D eigenvalue weighted by atomic mass is 10.2. The molecule has 1 aromatic carbocycles. The van der Waals surface area contributed by atoms with Crippen LogP contribution in [-0.4, -0.2) is 21.4 Å². The number of aromatic hydroxyl groups is 1. The van der Waals surface area contributed by atoms with Gasteiger partial charge in [0, 0.05) is 17.8 Å². The minimum absolute atomic E-state index is 0.264. The molecule has 0 fully saturated rings. The average molecular weight is 259 g/mol. The van der Waals surface area contributed by atoms with Crippen molar-refractivity contribution in [2.24, 2.45) is 0 Å². The van der Waals surface area contributed by atoms with Gasteiger partial charge in [0.2, 0.25) is 0 Å². The molecular weight excluding hydrogens is 238 g/mol. The lowest BCUT2D eigenvalue weighted by Crippen LogP contribution is -2.13. The van der Waals surface area contributed by atoms with Gasteiger partial charge in [-0.3, -0.25) is 0 Å². The van der Waals surface area contributed by atoms with Crippen LogP contribution in [0.5, 0.6) is 5.75 Å². The summed E-state index contributed by atoms with van der Waals surface area (Å²) in [7, 11) is 0. The number of aryl methyl sites for hydroxylation is 2. The van der Waals surface area contributed by atoms with E-state index in [1.165, 1.54) is 5.56 Å². The molecule has 2 N–H and O–H groups in total. The third-order valence-electron chi connectivity index (χ3n) is 3.35. The Hall–Kier alpha value is -1.81. The predicted octanol–water partition coefficient (Wildman–Crippen LogP) is 2.61. The molecule has 2 aromatic rings. The van der Waals surface area contributed by atoms with Crippen molar-refractivity contribution in [3.63, 3.8) is 0 Å². The molecule has 0 saturated carbocycles. The molecule has 0 aliphatic rings. The van der Waals surface area contributed by atoms with Crippen LogP contribution in [0.1, 0.15) is 29.4 Å². The van der Waals surface area contributed by atoms with Crippen LogP contribution in [-0.2, 0) is 6.54 Å². The number of hydrogen-bond donors (Lipinski definition) is 2. The summed E-state index contributed by atoms with van der Waals surface area (Å²) in [5.74, 6) is 0.264. The first-order chi connectivity index (χ1) is 9.04. The molecule has 0 amide bonds. The number of benzene rings is 1. The molecule has 1 heterocycles. The first-order valence-corrected chi connectivity index (χ1v) is 6.60. The Labute approximate surface area is 114 Å². The van der Waals surface area contributed by atoms with Gasteiger partial charge in [-0.2, -0.15) is 5.10 Å². The van der Waals surface area contributed by atoms with Crippen molar-refractivity contribution in [2.45, 2.75) is 34.2 Å². The van der Waals surface area contributed by atoms with Crippen LogP contribution < -0.4 is 5.32 Å². The first kappa shape index (κ1) is 13.6. The molecule has 102 valence electrons. The number of phenols is 1. The molecular formula is C15H21N3O. The molecule has 4 nitrogen and oxygen atoms in total. The van der Waals surface area contributed by atoms with Gasteiger partial charge in [0.25, 0.3) is 0 Å². The fraction of sp³-hybridized carbons (Fsp3) is 0.400. The second-order valence-corrected chi connectivity index (χ2v) is 4.83. The van der Waals surface area contributed by atoms with E-state index in [-0.39, 0.29) is 5.75 Å². The van der Waals surface area contributed by atoms with Crippen LogP contribution in [0.15, 0.2) is 18.2 Å². The second-order valence-electron chi connectivity index (χ2n) is 4.83. The lowest BCUT2D eigenvalue weighted by Gasteiger charge is -2.08. The maximum absolute atomic E-state index is 10.1. The Balaban J connectivity index is 2.45. The quantitative estimate of drug-likeness (QED) is 0.887. The minimum Gasteiger partial charge on any atom is -0.506 e. The Morgan fingerprint density at radius 2 is 2.00 bits per heavy atom. The zero-order valence-corrected chi connectivity index (χ0v) is 12.0. The van der Waals surface area contributed by atoms with Gasteiger partial charge in [-0.1, -0.05) is 13.0 Å². The second kappa shape index (κ2) is 5.45. The van der Waals surface area contributed by atoms with Crippen molar-refractivity contribution >= 4 is 0 Å². The molecule has 0 spiro atoms. The van der Waals surface area contributed by atoms with Gasteiger partial charge in [-0.15, -0.1) is 0 Å². The molecule has 0 unspecified atom stereocenters. The summed E-state index contributed by atoms with van der Waals surface area (Å²) >= 11 is 0. The zero-order chi connectivity index (χ0) is 14.0. The van der Waals surface area contributed by atoms with E-state index in [4.69, 9.17) is 0 Å². The van der Waals surface area contributed by atoms with Crippen LogP contribution in [0.3, 0.4) is 0 Å². The summed E-state index contributed by atoms with van der Waals surface area (Å²) in [6, 6.07) is 5.65. The van der Waals surface area contributed by atoms with Crippen molar-refractivity contribution in [3.05, 3.63) is 40.7 Å². The summed E-state index contributed by atoms with van der Waals surface area (Å²) in [4.78, 5) is 0. The molecule has 1 aromatic heterocycles. The normalized spacial score (nSPS) is 10.9. The number of aromatic nitrogens is 2. The summed E-state index contributed by atoms with van der Waals surface area (Å²) in [5, 5.41) is 17.9. The number of nitrogens with one attached hydrogen (secondary N) is 1. The van der Waals surface area contributed by atoms with Gasteiger partial charge in [-0.25, -0.2) is 4.68 Å². The highest BCUT2D eigenvalue weighted by atomic mass is 16.3. The maximum atomic E-state index is 10.1. The molecule has 0 bridgehead atoms. The summed E-state index contributed by atoms with van der Waals surface area (Å²) < 4.78 is 1.82. The zero-order valence-electron chi connectivity index (χ0n) is 12.0. The highest BCUT2D eigenvalue weighted by Gasteiger charge is 2.14. The van der Waals surface area contributed by atoms with E-state index >= 15 is 0 Å². The number of phenolic OH excluding ortho intramolecular Hbond substituents is 1. The lowest BCUT2D eigenvalue weighted by molar-refractivity contribution is 0.469. The van der Waals surface area contributed by atoms with Crippen molar-refractivity contribution in [1.29, 1.82) is 0 Å². The SMILES string of the molecule is CCNCc1c(C)nn(-c2ccc(C)cc2O)c1C. The fourth-order valence-corrected chi connectivity index (χ4v) is 2.23. The largest absolute Gasteiger partial charge is 0.506 e. The van der Waals surface area contributed by atoms with Gasteiger partial charge in [-0.05, 0) is 45.0 Å². The third-order valence-corrected chi connectivity index (χ3v) is 3.35. The molecule has 0 aliphatic heterocycles. The van der Waals surface area contributed by atoms with Gasteiger partial charge in [0.15, 0.2) is 0 Å². The van der Waals surface area contributed by atoms with E-state index in [2.05, 4.69) is 17.3 Å². The Kier molecular flexibility index (Phi) is 3.90. The molecule has 0 radical (unpaired) electrons. The van der Waals surface area contributed by atoms with Crippen LogP contribution in [0, 0.1) is 20.8 Å². The summed E-state index contributed by atoms with van der Waals surface area (Å²) in [5.41, 5.74) is 5.03. The van der Waals surface area contributed by atoms with E-state index in [1.807, 2.05) is 37.6 Å². The van der Waals surface area contributed by atoms with Gasteiger partial charge >= 0.3 is 0 Å². The smallest absolute Gasteiger partial charge is 0.141 e. The van der Waals surface area contributed by atoms with Crippen LogP contribution in [0.2, 0.25) is 0 Å². The highest BCUT2D eigenvalue weighted by Crippen LogP contribution is 2.25. The third kappa shape index (κ3) is 2.63. The summed E-state index contributed by atoms with van der Waals surface area (Å²) in [6.07, 6.45) is 0. The van der Waals surface area contributed by atoms with E-state index in [1.54, 1.807) is 6.07 Å². The number of nitrogens with zero attached hydrogens (tertiary/aromatic N) is 2. The Morgan fingerprint density at radius 3 is 2.63 bits per heavy atom. The van der Waals surface area contributed by atoms with Crippen LogP contribution >= 0.6 is 0 Å². The van der Waals surface area contributed by atoms with Crippen molar-refractivity contribution < 1.29 is 5.11 Å². The van der Waals surface area contributed by atoms with Gasteiger partial charge in [0.1, 0.15) is 11.4 Å². The minimum atomic E-state index is 0.264. The molecule has 2 rings (SSSR count). The average Bonchev–Trinajstić information content (AvgIpc) is 2.63. The van der Waals surface area contributed by atoms with E-state index in [0.29, 0.717) is 0 Å². The van der Waals surface area contributed by atoms with Gasteiger partial charge in [0.05, 0.1) is 5.69 Å². The topological polar surface area (TPSA) is 50.1 Å². The highest BCUT2D eigenvalue weighted by molar-refractivity contribution is 5.49. The fourth-order valence-electron chi connectivity index (χ4n) is 2.23. The van der Waals surface area contributed by atoms with Crippen LogP contribution in [0.4, 0.5) is 0 Å². The maximum Gasteiger partial charge on any atom is 0.141 e. The van der Waals surface area contributed by atoms with Crippen LogP contribution in [0.25, 0.3) is 5.69 Å². The molecule has 0 saturated heterocycles.